The van der Waals surface area contributed by atoms with Crippen LogP contribution in [0.1, 0.15) is 11.1 Å². The second-order valence-electron chi connectivity index (χ2n) is 6.70. The topological polar surface area (TPSA) is 51.1 Å². The molecule has 0 N–H and O–H groups in total. The fourth-order valence-electron chi connectivity index (χ4n) is 3.22. The summed E-state index contributed by atoms with van der Waals surface area (Å²) in [5.41, 5.74) is 2.21. The number of rotatable bonds is 5. The van der Waals surface area contributed by atoms with Crippen molar-refractivity contribution >= 4 is 39.4 Å². The number of halogens is 2. The molecule has 0 atom stereocenters. The van der Waals surface area contributed by atoms with Crippen LogP contribution in [0, 0.1) is 5.82 Å². The molecule has 4 rings (SSSR count). The Bertz CT molecular complexity index is 1190. The highest BCUT2D eigenvalue weighted by Gasteiger charge is 2.32. The van der Waals surface area contributed by atoms with Gasteiger partial charge in [0, 0.05) is 21.7 Å². The summed E-state index contributed by atoms with van der Waals surface area (Å²) in [7, 11) is 3.12. The van der Waals surface area contributed by atoms with E-state index in [1.165, 1.54) is 17.0 Å². The van der Waals surface area contributed by atoms with Gasteiger partial charge in [-0.15, -0.1) is 0 Å². The summed E-state index contributed by atoms with van der Waals surface area (Å²) in [6.07, 6.45) is 1.67. The molecule has 3 aromatic carbocycles. The largest absolute Gasteiger partial charge is 0.497 e. The second kappa shape index (κ2) is 8.73. The van der Waals surface area contributed by atoms with Gasteiger partial charge in [0.1, 0.15) is 28.8 Å². The quantitative estimate of drug-likeness (QED) is 0.456. The summed E-state index contributed by atoms with van der Waals surface area (Å²) in [5.74, 6) is 0.963. The van der Waals surface area contributed by atoms with Crippen LogP contribution >= 0.6 is 15.9 Å². The van der Waals surface area contributed by atoms with E-state index in [0.717, 1.165) is 10.0 Å². The zero-order valence-corrected chi connectivity index (χ0v) is 18.4. The number of benzene rings is 3. The minimum Gasteiger partial charge on any atom is -0.497 e. The number of methoxy groups -OCH3 is 2. The molecular weight excluding hydrogens is 463 g/mol. The molecule has 1 heterocycles. The molecule has 156 valence electrons. The molecular formula is C24H18BrFN2O3. The second-order valence-corrected chi connectivity index (χ2v) is 7.61. The lowest BCUT2D eigenvalue weighted by Gasteiger charge is -2.18. The Hall–Kier alpha value is -3.45. The minimum absolute atomic E-state index is 0.241. The van der Waals surface area contributed by atoms with Gasteiger partial charge in [-0.05, 0) is 54.6 Å². The maximum atomic E-state index is 13.5. The maximum absolute atomic E-state index is 13.5. The number of ether oxygens (including phenoxy) is 2. The van der Waals surface area contributed by atoms with Gasteiger partial charge in [0.2, 0.25) is 0 Å². The van der Waals surface area contributed by atoms with E-state index in [-0.39, 0.29) is 17.4 Å². The van der Waals surface area contributed by atoms with E-state index in [0.29, 0.717) is 28.6 Å². The van der Waals surface area contributed by atoms with E-state index in [1.54, 1.807) is 50.6 Å². The van der Waals surface area contributed by atoms with Crippen LogP contribution in [0.25, 0.3) is 6.08 Å². The Kier molecular flexibility index (Phi) is 5.86. The molecule has 0 aliphatic carbocycles. The molecule has 0 aromatic heterocycles. The Balaban J connectivity index is 1.82. The van der Waals surface area contributed by atoms with Crippen LogP contribution in [0.3, 0.4) is 0 Å². The fraction of sp³-hybridized carbons (Fsp3) is 0.0833. The number of carbonyl (C=O) groups excluding carboxylic acids is 1. The van der Waals surface area contributed by atoms with Crippen LogP contribution in [0.2, 0.25) is 0 Å². The lowest BCUT2D eigenvalue weighted by atomic mass is 10.1. The summed E-state index contributed by atoms with van der Waals surface area (Å²) >= 11 is 3.42. The molecule has 0 bridgehead atoms. The summed E-state index contributed by atoms with van der Waals surface area (Å²) in [4.78, 5) is 19.4. The standard InChI is InChI=1S/C24H18BrFN2O3/c1-30-20-12-5-16(22(14-20)31-2)13-21-24(29)28(19-10-8-18(26)9-11-19)23(27-21)15-3-6-17(25)7-4-15/h3-14H,1-2H3/b21-13+. The van der Waals surface area contributed by atoms with Gasteiger partial charge in [0.25, 0.3) is 5.91 Å². The third kappa shape index (κ3) is 4.22. The average Bonchev–Trinajstić information content (AvgIpc) is 3.11. The monoisotopic (exact) mass is 480 g/mol. The molecule has 31 heavy (non-hydrogen) atoms. The van der Waals surface area contributed by atoms with Crippen LogP contribution in [-0.4, -0.2) is 26.0 Å². The SMILES string of the molecule is COc1ccc(/C=C2/N=C(c3ccc(Br)cc3)N(c3ccc(F)cc3)C2=O)c(OC)c1. The third-order valence-electron chi connectivity index (χ3n) is 4.78. The van der Waals surface area contributed by atoms with Crippen molar-refractivity contribution in [2.45, 2.75) is 0 Å². The number of anilines is 1. The highest BCUT2D eigenvalue weighted by molar-refractivity contribution is 9.10. The van der Waals surface area contributed by atoms with Crippen molar-refractivity contribution in [3.8, 4) is 11.5 Å². The predicted octanol–water partition coefficient (Wildman–Crippen LogP) is 5.44. The molecule has 0 spiro atoms. The van der Waals surface area contributed by atoms with Gasteiger partial charge < -0.3 is 9.47 Å². The molecule has 1 aliphatic heterocycles. The predicted molar refractivity (Wildman–Crippen MR) is 122 cm³/mol. The smallest absolute Gasteiger partial charge is 0.282 e. The van der Waals surface area contributed by atoms with Crippen molar-refractivity contribution in [1.82, 2.24) is 0 Å². The van der Waals surface area contributed by atoms with Crippen molar-refractivity contribution in [3.63, 3.8) is 0 Å². The van der Waals surface area contributed by atoms with Crippen molar-refractivity contribution < 1.29 is 18.7 Å². The fourth-order valence-corrected chi connectivity index (χ4v) is 3.49. The van der Waals surface area contributed by atoms with Crippen LogP contribution in [0.5, 0.6) is 11.5 Å². The maximum Gasteiger partial charge on any atom is 0.282 e. The summed E-state index contributed by atoms with van der Waals surface area (Å²) < 4.78 is 25.1. The van der Waals surface area contributed by atoms with Crippen LogP contribution in [0.15, 0.2) is 81.9 Å². The zero-order chi connectivity index (χ0) is 22.0. The molecule has 1 aliphatic rings. The molecule has 3 aromatic rings. The van der Waals surface area contributed by atoms with Crippen molar-refractivity contribution in [3.05, 3.63) is 93.8 Å². The van der Waals surface area contributed by atoms with Gasteiger partial charge in [-0.25, -0.2) is 9.38 Å². The lowest BCUT2D eigenvalue weighted by Crippen LogP contribution is -2.32. The van der Waals surface area contributed by atoms with Gasteiger partial charge in [-0.2, -0.15) is 0 Å². The number of hydrogen-bond donors (Lipinski definition) is 0. The number of carbonyl (C=O) groups is 1. The number of amidine groups is 1. The molecule has 0 saturated carbocycles. The number of nitrogens with zero attached hydrogens (tertiary/aromatic N) is 2. The number of hydrogen-bond acceptors (Lipinski definition) is 4. The van der Waals surface area contributed by atoms with E-state index in [4.69, 9.17) is 9.47 Å². The van der Waals surface area contributed by atoms with Crippen molar-refractivity contribution in [2.75, 3.05) is 19.1 Å². The molecule has 0 radical (unpaired) electrons. The van der Waals surface area contributed by atoms with Crippen molar-refractivity contribution in [1.29, 1.82) is 0 Å². The highest BCUT2D eigenvalue weighted by Crippen LogP contribution is 2.31. The number of aliphatic imine (C=N–C) groups is 1. The molecule has 7 heteroatoms. The lowest BCUT2D eigenvalue weighted by molar-refractivity contribution is -0.113. The summed E-state index contributed by atoms with van der Waals surface area (Å²) in [6.45, 7) is 0. The third-order valence-corrected chi connectivity index (χ3v) is 5.31. The molecule has 0 fully saturated rings. The Morgan fingerprint density at radius 2 is 1.68 bits per heavy atom. The minimum atomic E-state index is -0.378. The Labute approximate surface area is 187 Å². The first kappa shape index (κ1) is 20.8. The first-order chi connectivity index (χ1) is 15.0. The van der Waals surface area contributed by atoms with Gasteiger partial charge in [0.15, 0.2) is 0 Å². The first-order valence-corrected chi connectivity index (χ1v) is 10.2. The Morgan fingerprint density at radius 3 is 2.32 bits per heavy atom. The van der Waals surface area contributed by atoms with Crippen LogP contribution in [0.4, 0.5) is 10.1 Å². The Morgan fingerprint density at radius 1 is 0.968 bits per heavy atom. The average molecular weight is 481 g/mol. The summed E-state index contributed by atoms with van der Waals surface area (Å²) in [5, 5.41) is 0. The first-order valence-electron chi connectivity index (χ1n) is 9.38. The number of amides is 1. The van der Waals surface area contributed by atoms with E-state index in [1.807, 2.05) is 24.3 Å². The molecule has 0 unspecified atom stereocenters. The van der Waals surface area contributed by atoms with Gasteiger partial charge in [0.05, 0.1) is 19.9 Å². The van der Waals surface area contributed by atoms with E-state index in [9.17, 15) is 9.18 Å². The van der Waals surface area contributed by atoms with Gasteiger partial charge in [-0.1, -0.05) is 28.1 Å². The van der Waals surface area contributed by atoms with E-state index in [2.05, 4.69) is 20.9 Å². The molecule has 5 nitrogen and oxygen atoms in total. The van der Waals surface area contributed by atoms with Crippen molar-refractivity contribution in [2.24, 2.45) is 4.99 Å². The normalized spacial score (nSPS) is 14.7. The van der Waals surface area contributed by atoms with Crippen LogP contribution in [-0.2, 0) is 4.79 Å². The molecule has 1 amide bonds. The summed E-state index contributed by atoms with van der Waals surface area (Å²) in [6, 6.07) is 18.5. The van der Waals surface area contributed by atoms with Gasteiger partial charge >= 0.3 is 0 Å². The highest BCUT2D eigenvalue weighted by atomic mass is 79.9. The zero-order valence-electron chi connectivity index (χ0n) is 16.8. The molecule has 0 saturated heterocycles. The van der Waals surface area contributed by atoms with Gasteiger partial charge in [-0.3, -0.25) is 9.69 Å². The van der Waals surface area contributed by atoms with E-state index < -0.39 is 0 Å². The van der Waals surface area contributed by atoms with Crippen LogP contribution < -0.4 is 14.4 Å². The van der Waals surface area contributed by atoms with E-state index >= 15 is 0 Å².